The van der Waals surface area contributed by atoms with E-state index in [2.05, 4.69) is 0 Å². The molecule has 0 bridgehead atoms. The van der Waals surface area contributed by atoms with Crippen molar-refractivity contribution in [3.05, 3.63) is 11.6 Å². The SMILES string of the molecule is O=S(=O)(N1CC=C(C(F)(F)F)CC1)N1CCC(CO)CC1. The predicted molar refractivity (Wildman–Crippen MR) is 70.6 cm³/mol. The molecule has 0 radical (unpaired) electrons. The summed E-state index contributed by atoms with van der Waals surface area (Å²) in [5.74, 6) is 0.106. The molecule has 0 spiro atoms. The van der Waals surface area contributed by atoms with Gasteiger partial charge in [-0.15, -0.1) is 0 Å². The maximum atomic E-state index is 12.5. The zero-order valence-corrected chi connectivity index (χ0v) is 12.3. The maximum absolute atomic E-state index is 12.5. The first-order valence-electron chi connectivity index (χ1n) is 6.87. The Bertz CT molecular complexity index is 496. The lowest BCUT2D eigenvalue weighted by molar-refractivity contribution is -0.0954. The number of hydrogen-bond donors (Lipinski definition) is 1. The van der Waals surface area contributed by atoms with E-state index in [0.717, 1.165) is 10.4 Å². The summed E-state index contributed by atoms with van der Waals surface area (Å²) >= 11 is 0. The van der Waals surface area contributed by atoms with Crippen molar-refractivity contribution >= 4 is 10.2 Å². The molecule has 0 aromatic heterocycles. The van der Waals surface area contributed by atoms with Gasteiger partial charge >= 0.3 is 6.18 Å². The van der Waals surface area contributed by atoms with E-state index in [1.54, 1.807) is 0 Å². The van der Waals surface area contributed by atoms with Gasteiger partial charge in [0.1, 0.15) is 0 Å². The average Bonchev–Trinajstić information content (AvgIpc) is 2.46. The number of hydrogen-bond acceptors (Lipinski definition) is 3. The smallest absolute Gasteiger partial charge is 0.396 e. The van der Waals surface area contributed by atoms with Crippen molar-refractivity contribution in [1.82, 2.24) is 8.61 Å². The molecule has 2 rings (SSSR count). The summed E-state index contributed by atoms with van der Waals surface area (Å²) in [4.78, 5) is 0. The Balaban J connectivity index is 2.01. The second kappa shape index (κ2) is 6.23. The summed E-state index contributed by atoms with van der Waals surface area (Å²) in [5.41, 5.74) is -0.659. The van der Waals surface area contributed by atoms with E-state index >= 15 is 0 Å². The van der Waals surface area contributed by atoms with Gasteiger partial charge in [0.2, 0.25) is 0 Å². The molecule has 2 aliphatic heterocycles. The third-order valence-electron chi connectivity index (χ3n) is 4.02. The van der Waals surface area contributed by atoms with E-state index in [-0.39, 0.29) is 32.0 Å². The lowest BCUT2D eigenvalue weighted by atomic mass is 10.00. The van der Waals surface area contributed by atoms with Crippen LogP contribution in [0.3, 0.4) is 0 Å². The van der Waals surface area contributed by atoms with Crippen LogP contribution >= 0.6 is 0 Å². The Morgan fingerprint density at radius 2 is 1.81 bits per heavy atom. The van der Waals surface area contributed by atoms with Crippen molar-refractivity contribution < 1.29 is 26.7 Å². The Morgan fingerprint density at radius 1 is 1.19 bits per heavy atom. The molecule has 0 aromatic carbocycles. The zero-order chi connectivity index (χ0) is 15.7. The Morgan fingerprint density at radius 3 is 2.24 bits per heavy atom. The van der Waals surface area contributed by atoms with Crippen molar-refractivity contribution in [3.8, 4) is 0 Å². The maximum Gasteiger partial charge on any atom is 0.412 e. The molecule has 0 atom stereocenters. The number of aliphatic hydroxyl groups is 1. The van der Waals surface area contributed by atoms with Crippen LogP contribution in [0.15, 0.2) is 11.6 Å². The van der Waals surface area contributed by atoms with Crippen molar-refractivity contribution in [1.29, 1.82) is 0 Å². The third kappa shape index (κ3) is 3.77. The molecule has 0 saturated carbocycles. The summed E-state index contributed by atoms with van der Waals surface area (Å²) in [6.45, 7) is 0.264. The van der Waals surface area contributed by atoms with Crippen molar-refractivity contribution in [3.63, 3.8) is 0 Å². The van der Waals surface area contributed by atoms with E-state index < -0.39 is 22.0 Å². The number of rotatable bonds is 3. The standard InChI is InChI=1S/C12H19F3N2O3S/c13-12(14,15)11-3-7-17(8-4-11)21(19,20)16-5-1-10(9-18)2-6-16/h3,10,18H,1-2,4-9H2. The Kier molecular flexibility index (Phi) is 4.96. The van der Waals surface area contributed by atoms with Crippen LogP contribution in [0, 0.1) is 5.92 Å². The van der Waals surface area contributed by atoms with Gasteiger partial charge in [-0.3, -0.25) is 0 Å². The quantitative estimate of drug-likeness (QED) is 0.790. The first kappa shape index (κ1) is 16.7. The monoisotopic (exact) mass is 328 g/mol. The van der Waals surface area contributed by atoms with Crippen molar-refractivity contribution in [2.24, 2.45) is 5.92 Å². The Labute approximate surface area is 122 Å². The average molecular weight is 328 g/mol. The molecule has 1 fully saturated rings. The molecule has 2 aliphatic rings. The van der Waals surface area contributed by atoms with E-state index in [1.807, 2.05) is 0 Å². The largest absolute Gasteiger partial charge is 0.412 e. The molecule has 1 N–H and O–H groups in total. The van der Waals surface area contributed by atoms with Gasteiger partial charge in [-0.2, -0.15) is 30.2 Å². The molecular formula is C12H19F3N2O3S. The van der Waals surface area contributed by atoms with Crippen molar-refractivity contribution in [2.75, 3.05) is 32.8 Å². The van der Waals surface area contributed by atoms with Gasteiger partial charge in [-0.25, -0.2) is 0 Å². The van der Waals surface area contributed by atoms with Crippen LogP contribution in [0.25, 0.3) is 0 Å². The van der Waals surface area contributed by atoms with Crippen molar-refractivity contribution in [2.45, 2.75) is 25.4 Å². The van der Waals surface area contributed by atoms with Crippen LogP contribution < -0.4 is 0 Å². The van der Waals surface area contributed by atoms with E-state index in [4.69, 9.17) is 5.11 Å². The predicted octanol–water partition coefficient (Wildman–Crippen LogP) is 1.13. The van der Waals surface area contributed by atoms with Crippen LogP contribution in [0.5, 0.6) is 0 Å². The molecule has 21 heavy (non-hydrogen) atoms. The highest BCUT2D eigenvalue weighted by Crippen LogP contribution is 2.31. The van der Waals surface area contributed by atoms with Crippen LogP contribution in [-0.4, -0.2) is 61.1 Å². The van der Waals surface area contributed by atoms with E-state index in [1.165, 1.54) is 4.31 Å². The second-order valence-corrected chi connectivity index (χ2v) is 7.30. The van der Waals surface area contributed by atoms with Crippen LogP contribution in [0.2, 0.25) is 0 Å². The number of nitrogens with zero attached hydrogens (tertiary/aromatic N) is 2. The minimum atomic E-state index is -4.38. The highest BCUT2D eigenvalue weighted by molar-refractivity contribution is 7.86. The fourth-order valence-electron chi connectivity index (χ4n) is 2.60. The minimum Gasteiger partial charge on any atom is -0.396 e. The first-order chi connectivity index (χ1) is 9.75. The molecule has 2 heterocycles. The van der Waals surface area contributed by atoms with E-state index in [0.29, 0.717) is 25.9 Å². The molecule has 9 heteroatoms. The van der Waals surface area contributed by atoms with Crippen LogP contribution in [0.4, 0.5) is 13.2 Å². The molecule has 0 amide bonds. The van der Waals surface area contributed by atoms with Gasteiger partial charge < -0.3 is 5.11 Å². The molecule has 1 saturated heterocycles. The summed E-state index contributed by atoms with van der Waals surface area (Å²) in [6, 6.07) is 0. The van der Waals surface area contributed by atoms with Crippen LogP contribution in [-0.2, 0) is 10.2 Å². The Hall–Kier alpha value is -0.640. The summed E-state index contributed by atoms with van der Waals surface area (Å²) in [6.07, 6.45) is -2.59. The fraction of sp³-hybridized carbons (Fsp3) is 0.833. The van der Waals surface area contributed by atoms with E-state index in [9.17, 15) is 21.6 Å². The molecular weight excluding hydrogens is 309 g/mol. The summed E-state index contributed by atoms with van der Waals surface area (Å²) in [5, 5.41) is 9.04. The topological polar surface area (TPSA) is 60.9 Å². The first-order valence-corrected chi connectivity index (χ1v) is 8.27. The number of alkyl halides is 3. The lowest BCUT2D eigenvalue weighted by Crippen LogP contribution is -2.49. The molecule has 0 unspecified atom stereocenters. The van der Waals surface area contributed by atoms with Gasteiger partial charge in [-0.1, -0.05) is 6.08 Å². The van der Waals surface area contributed by atoms with Gasteiger partial charge in [0, 0.05) is 38.4 Å². The van der Waals surface area contributed by atoms with Gasteiger partial charge in [0.15, 0.2) is 0 Å². The van der Waals surface area contributed by atoms with Gasteiger partial charge in [0.05, 0.1) is 0 Å². The molecule has 0 aromatic rings. The normalized spacial score (nSPS) is 24.1. The van der Waals surface area contributed by atoms with Gasteiger partial charge in [-0.05, 0) is 25.2 Å². The fourth-order valence-corrected chi connectivity index (χ4v) is 4.19. The molecule has 122 valence electrons. The number of aliphatic hydroxyl groups excluding tert-OH is 1. The zero-order valence-electron chi connectivity index (χ0n) is 11.5. The second-order valence-electron chi connectivity index (χ2n) is 5.37. The summed E-state index contributed by atoms with van der Waals surface area (Å²) < 4.78 is 64.7. The highest BCUT2D eigenvalue weighted by atomic mass is 32.2. The third-order valence-corrected chi connectivity index (χ3v) is 6.02. The highest BCUT2D eigenvalue weighted by Gasteiger charge is 2.38. The number of piperidine rings is 1. The van der Waals surface area contributed by atoms with Gasteiger partial charge in [0.25, 0.3) is 10.2 Å². The molecule has 5 nitrogen and oxygen atoms in total. The lowest BCUT2D eigenvalue weighted by Gasteiger charge is -2.35. The minimum absolute atomic E-state index is 0.0370. The number of halogens is 3. The summed E-state index contributed by atoms with van der Waals surface area (Å²) in [7, 11) is -3.71. The molecule has 0 aliphatic carbocycles. The van der Waals surface area contributed by atoms with Crippen LogP contribution in [0.1, 0.15) is 19.3 Å².